The van der Waals surface area contributed by atoms with Gasteiger partial charge in [0.1, 0.15) is 18.1 Å². The lowest BCUT2D eigenvalue weighted by atomic mass is 10.0. The Kier molecular flexibility index (Phi) is 14.7. The van der Waals surface area contributed by atoms with Gasteiger partial charge in [0.05, 0.1) is 23.3 Å². The summed E-state index contributed by atoms with van der Waals surface area (Å²) in [5.74, 6) is -0.265. The monoisotopic (exact) mass is 566 g/mol. The second kappa shape index (κ2) is 17.4. The number of rotatable bonds is 9. The van der Waals surface area contributed by atoms with Crippen LogP contribution in [0.25, 0.3) is 11.3 Å². The third-order valence-electron chi connectivity index (χ3n) is 5.71. The van der Waals surface area contributed by atoms with Gasteiger partial charge < -0.3 is 24.5 Å². The van der Waals surface area contributed by atoms with E-state index in [1.165, 1.54) is 19.2 Å². The predicted octanol–water partition coefficient (Wildman–Crippen LogP) is 7.60. The molecule has 0 fully saturated rings. The van der Waals surface area contributed by atoms with E-state index in [4.69, 9.17) is 21.1 Å². The number of hydrogen-bond donors (Lipinski definition) is 2. The number of aromatic carboxylic acids is 1. The van der Waals surface area contributed by atoms with Crippen LogP contribution in [0.4, 0.5) is 0 Å². The van der Waals surface area contributed by atoms with Crippen molar-refractivity contribution < 1.29 is 24.2 Å². The van der Waals surface area contributed by atoms with E-state index in [1.807, 2.05) is 69.3 Å². The SMILES string of the molecule is C=C/C(=C\C=C/C)OCc1ccccc1.CC.CNC(=O)c1cc(-c2cc(Cl)c(OC)cc2C(=O)O)n(C)c1C. The van der Waals surface area contributed by atoms with Crippen LogP contribution in [-0.4, -0.2) is 35.7 Å². The molecule has 2 N–H and O–H groups in total. The number of carboxylic acid groups (broad SMARTS) is 1. The molecule has 1 amide bonds. The van der Waals surface area contributed by atoms with Gasteiger partial charge >= 0.3 is 5.97 Å². The molecule has 3 rings (SSSR count). The van der Waals surface area contributed by atoms with Gasteiger partial charge in [0.2, 0.25) is 0 Å². The molecular weight excluding hydrogens is 528 g/mol. The van der Waals surface area contributed by atoms with E-state index in [-0.39, 0.29) is 17.2 Å². The van der Waals surface area contributed by atoms with Gasteiger partial charge in [0, 0.05) is 31.0 Å². The highest BCUT2D eigenvalue weighted by Gasteiger charge is 2.21. The average Bonchev–Trinajstić information content (AvgIpc) is 3.28. The summed E-state index contributed by atoms with van der Waals surface area (Å²) >= 11 is 6.14. The lowest BCUT2D eigenvalue weighted by molar-refractivity contribution is 0.0697. The third kappa shape index (κ3) is 9.20. The van der Waals surface area contributed by atoms with E-state index < -0.39 is 5.97 Å². The summed E-state index contributed by atoms with van der Waals surface area (Å²) in [6.45, 7) is 12.0. The molecule has 0 aliphatic heterocycles. The maximum atomic E-state index is 11.9. The number of aromatic nitrogens is 1. The summed E-state index contributed by atoms with van der Waals surface area (Å²) in [7, 11) is 4.73. The second-order valence-corrected chi connectivity index (χ2v) is 8.48. The normalized spacial score (nSPS) is 10.6. The molecule has 3 aromatic rings. The lowest BCUT2D eigenvalue weighted by Crippen LogP contribution is -2.18. The van der Waals surface area contributed by atoms with E-state index in [0.717, 1.165) is 17.0 Å². The number of benzene rings is 2. The zero-order chi connectivity index (χ0) is 30.2. The number of carboxylic acids is 1. The zero-order valence-electron chi connectivity index (χ0n) is 24.2. The largest absolute Gasteiger partial charge is 0.495 e. The van der Waals surface area contributed by atoms with Crippen molar-refractivity contribution in [3.05, 3.63) is 113 Å². The van der Waals surface area contributed by atoms with Crippen LogP contribution in [0.2, 0.25) is 5.02 Å². The van der Waals surface area contributed by atoms with Crippen molar-refractivity contribution in [2.75, 3.05) is 14.2 Å². The number of nitrogens with one attached hydrogen (secondary N) is 1. The van der Waals surface area contributed by atoms with Gasteiger partial charge in [0.25, 0.3) is 5.91 Å². The number of amides is 1. The molecule has 0 bridgehead atoms. The summed E-state index contributed by atoms with van der Waals surface area (Å²) < 4.78 is 12.4. The Morgan fingerprint density at radius 2 is 1.77 bits per heavy atom. The third-order valence-corrected chi connectivity index (χ3v) is 6.00. The van der Waals surface area contributed by atoms with Crippen LogP contribution >= 0.6 is 11.6 Å². The molecule has 1 aromatic heterocycles. The number of methoxy groups -OCH3 is 1. The molecule has 8 heteroatoms. The Balaban J connectivity index is 0.000000408. The van der Waals surface area contributed by atoms with Crippen LogP contribution in [0.15, 0.2) is 85.2 Å². The van der Waals surface area contributed by atoms with Crippen LogP contribution < -0.4 is 10.1 Å². The van der Waals surface area contributed by atoms with Gasteiger partial charge in [-0.3, -0.25) is 4.79 Å². The molecule has 0 atom stereocenters. The molecule has 40 heavy (non-hydrogen) atoms. The second-order valence-electron chi connectivity index (χ2n) is 8.08. The fourth-order valence-corrected chi connectivity index (χ4v) is 3.77. The lowest BCUT2D eigenvalue weighted by Gasteiger charge is -2.12. The van der Waals surface area contributed by atoms with Crippen molar-refractivity contribution in [2.45, 2.75) is 34.3 Å². The molecule has 214 valence electrons. The summed E-state index contributed by atoms with van der Waals surface area (Å²) in [5.41, 5.74) is 3.42. The number of halogens is 1. The highest BCUT2D eigenvalue weighted by Crippen LogP contribution is 2.35. The number of allylic oxidation sites excluding steroid dienone is 4. The van der Waals surface area contributed by atoms with Gasteiger partial charge in [-0.15, -0.1) is 0 Å². The molecule has 0 radical (unpaired) electrons. The number of nitrogens with zero attached hydrogens (tertiary/aromatic N) is 1. The van der Waals surface area contributed by atoms with Gasteiger partial charge in [-0.1, -0.05) is 74.5 Å². The molecule has 2 aromatic carbocycles. The topological polar surface area (TPSA) is 89.8 Å². The van der Waals surface area contributed by atoms with Gasteiger partial charge in [-0.05, 0) is 49.8 Å². The first-order valence-corrected chi connectivity index (χ1v) is 13.2. The van der Waals surface area contributed by atoms with Crippen LogP contribution in [-0.2, 0) is 18.4 Å². The Labute approximate surface area is 242 Å². The van der Waals surface area contributed by atoms with Crippen molar-refractivity contribution in [2.24, 2.45) is 7.05 Å². The zero-order valence-corrected chi connectivity index (χ0v) is 25.0. The summed E-state index contributed by atoms with van der Waals surface area (Å²) in [6, 6.07) is 14.6. The van der Waals surface area contributed by atoms with E-state index in [2.05, 4.69) is 11.9 Å². The fraction of sp³-hybridized carbons (Fsp3) is 0.250. The molecule has 0 saturated carbocycles. The predicted molar refractivity (Wildman–Crippen MR) is 163 cm³/mol. The van der Waals surface area contributed by atoms with Gasteiger partial charge in [0.15, 0.2) is 0 Å². The maximum Gasteiger partial charge on any atom is 0.336 e. The average molecular weight is 567 g/mol. The minimum atomic E-state index is -1.10. The Bertz CT molecular complexity index is 1340. The molecule has 0 aliphatic carbocycles. The maximum absolute atomic E-state index is 11.9. The molecule has 7 nitrogen and oxygen atoms in total. The number of ether oxygens (including phenoxy) is 2. The first-order valence-electron chi connectivity index (χ1n) is 12.8. The van der Waals surface area contributed by atoms with Crippen LogP contribution in [0, 0.1) is 6.92 Å². The van der Waals surface area contributed by atoms with Crippen LogP contribution in [0.3, 0.4) is 0 Å². The molecule has 0 spiro atoms. The molecule has 0 aliphatic rings. The van der Waals surface area contributed by atoms with Crippen molar-refractivity contribution in [3.63, 3.8) is 0 Å². The Morgan fingerprint density at radius 1 is 1.12 bits per heavy atom. The molecule has 1 heterocycles. The van der Waals surface area contributed by atoms with Crippen LogP contribution in [0.1, 0.15) is 52.7 Å². The Hall–Kier alpha value is -4.23. The van der Waals surface area contributed by atoms with Gasteiger partial charge in [-0.2, -0.15) is 0 Å². The minimum Gasteiger partial charge on any atom is -0.495 e. The number of carbonyl (C=O) groups is 2. The van der Waals surface area contributed by atoms with E-state index in [1.54, 1.807) is 37.7 Å². The smallest absolute Gasteiger partial charge is 0.336 e. The minimum absolute atomic E-state index is 0.0512. The Morgan fingerprint density at radius 3 is 2.30 bits per heavy atom. The molecule has 0 unspecified atom stereocenters. The standard InChI is InChI=1S/C16H17ClN2O4.C14H16O.C2H6/c1-8-9(15(20)18-2)6-13(19(8)3)10-5-12(17)14(23-4)7-11(10)16(21)22;1-3-5-11-14(4-2)15-12-13-9-7-6-8-10-13;1-2/h5-7H,1-4H3,(H,18,20)(H,21,22);3-11H,2,12H2,1H3;1-2H3/b;5-3-,14-11+;. The molecular formula is C32H39ClN2O5. The van der Waals surface area contributed by atoms with Crippen molar-refractivity contribution in [3.8, 4) is 17.0 Å². The van der Waals surface area contributed by atoms with Crippen molar-refractivity contribution in [1.29, 1.82) is 0 Å². The van der Waals surface area contributed by atoms with Crippen LogP contribution in [0.5, 0.6) is 5.75 Å². The summed E-state index contributed by atoms with van der Waals surface area (Å²) in [4.78, 5) is 23.5. The van der Waals surface area contributed by atoms with Gasteiger partial charge in [-0.25, -0.2) is 4.79 Å². The summed E-state index contributed by atoms with van der Waals surface area (Å²) in [6.07, 6.45) is 7.50. The highest BCUT2D eigenvalue weighted by atomic mass is 35.5. The first-order chi connectivity index (χ1) is 19.2. The quantitative estimate of drug-likeness (QED) is 0.206. The van der Waals surface area contributed by atoms with E-state index in [9.17, 15) is 14.7 Å². The van der Waals surface area contributed by atoms with E-state index in [0.29, 0.717) is 28.5 Å². The van der Waals surface area contributed by atoms with Crippen molar-refractivity contribution in [1.82, 2.24) is 9.88 Å². The van der Waals surface area contributed by atoms with Crippen molar-refractivity contribution >= 4 is 23.5 Å². The molecule has 0 saturated heterocycles. The highest BCUT2D eigenvalue weighted by molar-refractivity contribution is 6.32. The summed E-state index contributed by atoms with van der Waals surface area (Å²) in [5, 5.41) is 12.3. The number of hydrogen-bond acceptors (Lipinski definition) is 4. The number of carbonyl (C=O) groups excluding carboxylic acids is 1. The first kappa shape index (κ1) is 33.8. The fourth-order valence-electron chi connectivity index (χ4n) is 3.53. The van der Waals surface area contributed by atoms with E-state index >= 15 is 0 Å².